The standard InChI is InChI=1S/C14H22N2O2/c1-10-4-6-13(7-5-10)18-12(3)14(17)16-9-8-11(2)15/h4-7,11-12H,8-9,15H2,1-3H3,(H,16,17). The van der Waals surface area contributed by atoms with Gasteiger partial charge in [-0.05, 0) is 39.3 Å². The second-order valence-corrected chi connectivity index (χ2v) is 4.63. The number of rotatable bonds is 6. The average Bonchev–Trinajstić information content (AvgIpc) is 2.31. The highest BCUT2D eigenvalue weighted by molar-refractivity contribution is 5.80. The molecule has 4 heteroatoms. The SMILES string of the molecule is Cc1ccc(OC(C)C(=O)NCCC(C)N)cc1. The molecule has 0 aliphatic carbocycles. The lowest BCUT2D eigenvalue weighted by molar-refractivity contribution is -0.127. The van der Waals surface area contributed by atoms with Crippen molar-refractivity contribution in [2.75, 3.05) is 6.54 Å². The summed E-state index contributed by atoms with van der Waals surface area (Å²) in [6.07, 6.45) is 0.268. The van der Waals surface area contributed by atoms with Crippen molar-refractivity contribution < 1.29 is 9.53 Å². The van der Waals surface area contributed by atoms with Crippen LogP contribution in [0.2, 0.25) is 0 Å². The van der Waals surface area contributed by atoms with Crippen molar-refractivity contribution in [1.29, 1.82) is 0 Å². The van der Waals surface area contributed by atoms with Gasteiger partial charge in [-0.2, -0.15) is 0 Å². The maximum absolute atomic E-state index is 11.7. The zero-order valence-corrected chi connectivity index (χ0v) is 11.3. The van der Waals surface area contributed by atoms with Gasteiger partial charge in [0.15, 0.2) is 6.10 Å². The molecule has 0 radical (unpaired) electrons. The minimum absolute atomic E-state index is 0.0959. The van der Waals surface area contributed by atoms with Gasteiger partial charge in [0.05, 0.1) is 0 Å². The molecule has 1 aromatic rings. The topological polar surface area (TPSA) is 64.3 Å². The summed E-state index contributed by atoms with van der Waals surface area (Å²) in [4.78, 5) is 11.7. The van der Waals surface area contributed by atoms with Crippen LogP contribution in [-0.2, 0) is 4.79 Å². The number of ether oxygens (including phenoxy) is 1. The fourth-order valence-electron chi connectivity index (χ4n) is 1.44. The summed E-state index contributed by atoms with van der Waals surface area (Å²) in [6.45, 7) is 6.24. The lowest BCUT2D eigenvalue weighted by Crippen LogP contribution is -2.38. The number of hydrogen-bond acceptors (Lipinski definition) is 3. The zero-order valence-electron chi connectivity index (χ0n) is 11.3. The van der Waals surface area contributed by atoms with Gasteiger partial charge in [-0.1, -0.05) is 17.7 Å². The molecule has 0 saturated carbocycles. The molecule has 1 rings (SSSR count). The molecule has 0 aliphatic heterocycles. The van der Waals surface area contributed by atoms with Gasteiger partial charge in [-0.25, -0.2) is 0 Å². The highest BCUT2D eigenvalue weighted by Crippen LogP contribution is 2.13. The molecule has 1 amide bonds. The molecule has 3 N–H and O–H groups in total. The monoisotopic (exact) mass is 250 g/mol. The van der Waals surface area contributed by atoms with E-state index in [0.717, 1.165) is 12.0 Å². The summed E-state index contributed by atoms with van der Waals surface area (Å²) in [5, 5.41) is 2.80. The first-order valence-electron chi connectivity index (χ1n) is 6.25. The summed E-state index contributed by atoms with van der Waals surface area (Å²) >= 11 is 0. The molecule has 18 heavy (non-hydrogen) atoms. The Morgan fingerprint density at radius 1 is 1.33 bits per heavy atom. The summed E-state index contributed by atoms with van der Waals surface area (Å²) in [5.74, 6) is 0.590. The number of nitrogens with one attached hydrogen (secondary N) is 1. The van der Waals surface area contributed by atoms with Gasteiger partial charge < -0.3 is 15.8 Å². The Labute approximate surface area is 109 Å². The molecule has 4 nitrogen and oxygen atoms in total. The molecule has 2 unspecified atom stereocenters. The van der Waals surface area contributed by atoms with E-state index in [1.54, 1.807) is 6.92 Å². The Hall–Kier alpha value is -1.55. The number of amides is 1. The minimum Gasteiger partial charge on any atom is -0.481 e. The van der Waals surface area contributed by atoms with Crippen molar-refractivity contribution in [3.05, 3.63) is 29.8 Å². The Morgan fingerprint density at radius 3 is 2.50 bits per heavy atom. The smallest absolute Gasteiger partial charge is 0.260 e. The predicted octanol–water partition coefficient (Wildman–Crippen LogP) is 1.62. The molecule has 0 fully saturated rings. The highest BCUT2D eigenvalue weighted by atomic mass is 16.5. The predicted molar refractivity (Wildman–Crippen MR) is 72.5 cm³/mol. The second kappa shape index (κ2) is 7.01. The van der Waals surface area contributed by atoms with Gasteiger partial charge >= 0.3 is 0 Å². The van der Waals surface area contributed by atoms with Gasteiger partial charge in [0.2, 0.25) is 0 Å². The summed E-state index contributed by atoms with van der Waals surface area (Å²) < 4.78 is 5.55. The van der Waals surface area contributed by atoms with Crippen LogP contribution < -0.4 is 15.8 Å². The molecule has 0 saturated heterocycles. The third-order valence-electron chi connectivity index (χ3n) is 2.60. The van der Waals surface area contributed by atoms with E-state index in [4.69, 9.17) is 10.5 Å². The Kier molecular flexibility index (Phi) is 5.65. The Balaban J connectivity index is 2.37. The van der Waals surface area contributed by atoms with Crippen molar-refractivity contribution in [3.63, 3.8) is 0 Å². The summed E-state index contributed by atoms with van der Waals surface area (Å²) in [7, 11) is 0. The van der Waals surface area contributed by atoms with Crippen LogP contribution in [0.3, 0.4) is 0 Å². The van der Waals surface area contributed by atoms with Crippen molar-refractivity contribution in [2.45, 2.75) is 39.3 Å². The molecule has 0 spiro atoms. The molecular weight excluding hydrogens is 228 g/mol. The average molecular weight is 250 g/mol. The molecule has 0 bridgehead atoms. The lowest BCUT2D eigenvalue weighted by atomic mass is 10.2. The van der Waals surface area contributed by atoms with Crippen molar-refractivity contribution in [3.8, 4) is 5.75 Å². The highest BCUT2D eigenvalue weighted by Gasteiger charge is 2.13. The molecule has 0 aromatic heterocycles. The third-order valence-corrected chi connectivity index (χ3v) is 2.60. The fourth-order valence-corrected chi connectivity index (χ4v) is 1.44. The van der Waals surface area contributed by atoms with Crippen LogP contribution in [0, 0.1) is 6.92 Å². The molecule has 100 valence electrons. The van der Waals surface area contributed by atoms with Crippen molar-refractivity contribution in [1.82, 2.24) is 5.32 Å². The van der Waals surface area contributed by atoms with Crippen LogP contribution in [0.5, 0.6) is 5.75 Å². The number of aryl methyl sites for hydroxylation is 1. The third kappa shape index (κ3) is 5.19. The number of benzene rings is 1. The fraction of sp³-hybridized carbons (Fsp3) is 0.500. The first kappa shape index (κ1) is 14.5. The summed E-state index contributed by atoms with van der Waals surface area (Å²) in [5.41, 5.74) is 6.77. The lowest BCUT2D eigenvalue weighted by Gasteiger charge is -2.15. The van der Waals surface area contributed by atoms with Crippen LogP contribution in [0.25, 0.3) is 0 Å². The number of nitrogens with two attached hydrogens (primary N) is 1. The van der Waals surface area contributed by atoms with E-state index in [0.29, 0.717) is 12.3 Å². The van der Waals surface area contributed by atoms with Gasteiger partial charge in [0, 0.05) is 12.6 Å². The first-order valence-corrected chi connectivity index (χ1v) is 6.25. The van der Waals surface area contributed by atoms with Crippen LogP contribution in [0.1, 0.15) is 25.8 Å². The number of carbonyl (C=O) groups is 1. The van der Waals surface area contributed by atoms with Gasteiger partial charge in [-0.15, -0.1) is 0 Å². The quantitative estimate of drug-likeness (QED) is 0.806. The maximum atomic E-state index is 11.7. The number of hydrogen-bond donors (Lipinski definition) is 2. The van der Waals surface area contributed by atoms with Crippen molar-refractivity contribution >= 4 is 5.91 Å². The second-order valence-electron chi connectivity index (χ2n) is 4.63. The molecular formula is C14H22N2O2. The van der Waals surface area contributed by atoms with E-state index < -0.39 is 6.10 Å². The van der Waals surface area contributed by atoms with Gasteiger partial charge in [0.1, 0.15) is 5.75 Å². The van der Waals surface area contributed by atoms with E-state index in [2.05, 4.69) is 5.32 Å². The normalized spacial score (nSPS) is 13.8. The summed E-state index contributed by atoms with van der Waals surface area (Å²) in [6, 6.07) is 7.73. The Morgan fingerprint density at radius 2 is 1.94 bits per heavy atom. The van der Waals surface area contributed by atoms with E-state index >= 15 is 0 Å². The molecule has 1 aromatic carbocycles. The van der Waals surface area contributed by atoms with Crippen LogP contribution in [-0.4, -0.2) is 24.6 Å². The zero-order chi connectivity index (χ0) is 13.5. The van der Waals surface area contributed by atoms with E-state index in [1.807, 2.05) is 38.1 Å². The van der Waals surface area contributed by atoms with E-state index in [1.165, 1.54) is 0 Å². The first-order chi connectivity index (χ1) is 8.49. The maximum Gasteiger partial charge on any atom is 0.260 e. The van der Waals surface area contributed by atoms with Gasteiger partial charge in [0.25, 0.3) is 5.91 Å². The molecule has 0 aliphatic rings. The van der Waals surface area contributed by atoms with Crippen LogP contribution in [0.15, 0.2) is 24.3 Å². The minimum atomic E-state index is -0.499. The Bertz CT molecular complexity index is 374. The van der Waals surface area contributed by atoms with Gasteiger partial charge in [-0.3, -0.25) is 4.79 Å². The molecule has 2 atom stereocenters. The number of carbonyl (C=O) groups excluding carboxylic acids is 1. The van der Waals surface area contributed by atoms with Crippen molar-refractivity contribution in [2.24, 2.45) is 5.73 Å². The van der Waals surface area contributed by atoms with Crippen LogP contribution >= 0.6 is 0 Å². The van der Waals surface area contributed by atoms with E-state index in [9.17, 15) is 4.79 Å². The van der Waals surface area contributed by atoms with E-state index in [-0.39, 0.29) is 11.9 Å². The largest absolute Gasteiger partial charge is 0.481 e. The molecule has 0 heterocycles. The van der Waals surface area contributed by atoms with Crippen LogP contribution in [0.4, 0.5) is 0 Å².